The monoisotopic (exact) mass is 471 g/mol. The zero-order valence-electron chi connectivity index (χ0n) is 16.0. The number of H-pyrrole nitrogens is 1. The summed E-state index contributed by atoms with van der Waals surface area (Å²) in [6.45, 7) is 5.32. The fourth-order valence-corrected chi connectivity index (χ4v) is 5.63. The van der Waals surface area contributed by atoms with Gasteiger partial charge in [-0.3, -0.25) is 0 Å². The highest BCUT2D eigenvalue weighted by Crippen LogP contribution is 2.33. The van der Waals surface area contributed by atoms with Crippen LogP contribution >= 0.6 is 15.9 Å². The number of fused-ring (bicyclic) bond motifs is 1. The van der Waals surface area contributed by atoms with Gasteiger partial charge in [0.2, 0.25) is 10.0 Å². The fourth-order valence-electron chi connectivity index (χ4n) is 3.44. The van der Waals surface area contributed by atoms with E-state index < -0.39 is 16.0 Å². The Hall–Kier alpha value is -1.42. The van der Waals surface area contributed by atoms with Gasteiger partial charge in [-0.05, 0) is 63.9 Å². The molecular weight excluding hydrogens is 446 g/mol. The van der Waals surface area contributed by atoms with Gasteiger partial charge in [0.25, 0.3) is 0 Å². The maximum atomic E-state index is 13.0. The molecule has 0 radical (unpaired) electrons. The fraction of sp³-hybridized carbons (Fsp3) is 0.526. The highest BCUT2D eigenvalue weighted by molar-refractivity contribution is 9.10. The quantitative estimate of drug-likeness (QED) is 0.667. The lowest BCUT2D eigenvalue weighted by Crippen LogP contribution is -2.29. The van der Waals surface area contributed by atoms with Crippen molar-refractivity contribution in [2.45, 2.75) is 37.5 Å². The van der Waals surface area contributed by atoms with E-state index in [0.717, 1.165) is 17.3 Å². The van der Waals surface area contributed by atoms with E-state index in [0.29, 0.717) is 24.0 Å². The van der Waals surface area contributed by atoms with E-state index >= 15 is 0 Å². The van der Waals surface area contributed by atoms with Crippen LogP contribution in [0.25, 0.3) is 10.9 Å². The summed E-state index contributed by atoms with van der Waals surface area (Å²) < 4.78 is 33.3. The molecule has 0 amide bonds. The first-order valence-electron chi connectivity index (χ1n) is 9.64. The van der Waals surface area contributed by atoms with E-state index in [2.05, 4.69) is 26.2 Å². The van der Waals surface area contributed by atoms with E-state index in [1.165, 1.54) is 30.2 Å². The molecule has 0 saturated carbocycles. The summed E-state index contributed by atoms with van der Waals surface area (Å²) in [6, 6.07) is 5.24. The number of aromatic amines is 1. The molecule has 154 valence electrons. The number of carbonyl (C=O) groups excluding carboxylic acids is 1. The average molecular weight is 472 g/mol. The van der Waals surface area contributed by atoms with Crippen molar-refractivity contribution in [3.63, 3.8) is 0 Å². The molecule has 1 aromatic carbocycles. The van der Waals surface area contributed by atoms with Crippen LogP contribution in [-0.4, -0.2) is 56.5 Å². The van der Waals surface area contributed by atoms with Crippen molar-refractivity contribution in [2.24, 2.45) is 0 Å². The average Bonchev–Trinajstić information content (AvgIpc) is 3.42. The highest BCUT2D eigenvalue weighted by atomic mass is 79.9. The number of carbonyl (C=O) groups is 1. The van der Waals surface area contributed by atoms with Gasteiger partial charge >= 0.3 is 5.97 Å². The molecule has 0 spiro atoms. The van der Waals surface area contributed by atoms with Crippen LogP contribution < -0.4 is 5.32 Å². The largest absolute Gasteiger partial charge is 0.461 e. The Bertz CT molecular complexity index is 924. The van der Waals surface area contributed by atoms with Crippen molar-refractivity contribution < 1.29 is 17.9 Å². The standard InChI is InChI=1S/C15H17BrN2O4S.C4H9N/c1-2-22-15(19)13-14(23(20,21)18-7-3-4-8-18)11-9-10(16)5-6-12(11)17-13;1-2-4-5-3-1/h5-6,9,17H,2-4,7-8H2,1H3;5H,1-4H2. The molecule has 2 aliphatic heterocycles. The summed E-state index contributed by atoms with van der Waals surface area (Å²) in [5, 5.41) is 3.72. The van der Waals surface area contributed by atoms with E-state index in [4.69, 9.17) is 4.74 Å². The van der Waals surface area contributed by atoms with Gasteiger partial charge in [0.1, 0.15) is 10.6 Å². The number of nitrogens with one attached hydrogen (secondary N) is 2. The van der Waals surface area contributed by atoms with Gasteiger partial charge in [-0.1, -0.05) is 15.9 Å². The number of esters is 1. The Balaban J connectivity index is 0.000000391. The first-order chi connectivity index (χ1) is 13.4. The van der Waals surface area contributed by atoms with Crippen molar-refractivity contribution in [1.82, 2.24) is 14.6 Å². The second-order valence-electron chi connectivity index (χ2n) is 6.81. The summed E-state index contributed by atoms with van der Waals surface area (Å²) in [4.78, 5) is 15.1. The SMILES string of the molecule is C1CCNC1.CCOC(=O)c1[nH]c2ccc(Br)cc2c1S(=O)(=O)N1CCCC1. The third-order valence-corrected chi connectivity index (χ3v) is 7.29. The van der Waals surface area contributed by atoms with Crippen molar-refractivity contribution in [3.8, 4) is 0 Å². The molecule has 2 aromatic rings. The molecule has 2 aliphatic rings. The number of hydrogen-bond donors (Lipinski definition) is 2. The summed E-state index contributed by atoms with van der Waals surface area (Å²) >= 11 is 3.36. The number of benzene rings is 1. The number of aromatic nitrogens is 1. The molecule has 1 aromatic heterocycles. The molecule has 9 heteroatoms. The lowest BCUT2D eigenvalue weighted by molar-refractivity contribution is 0.0516. The minimum Gasteiger partial charge on any atom is -0.461 e. The summed E-state index contributed by atoms with van der Waals surface area (Å²) in [7, 11) is -3.75. The minimum absolute atomic E-state index is 0.00755. The molecule has 0 aliphatic carbocycles. The predicted molar refractivity (Wildman–Crippen MR) is 112 cm³/mol. The Morgan fingerprint density at radius 2 is 1.86 bits per heavy atom. The summed E-state index contributed by atoms with van der Waals surface area (Å²) in [5.41, 5.74) is 0.584. The third kappa shape index (κ3) is 4.59. The summed E-state index contributed by atoms with van der Waals surface area (Å²) in [6.07, 6.45) is 4.44. The van der Waals surface area contributed by atoms with Crippen LogP contribution in [-0.2, 0) is 14.8 Å². The minimum atomic E-state index is -3.75. The zero-order valence-corrected chi connectivity index (χ0v) is 18.4. The number of halogens is 1. The van der Waals surface area contributed by atoms with Gasteiger partial charge in [-0.2, -0.15) is 4.31 Å². The smallest absolute Gasteiger partial charge is 0.356 e. The van der Waals surface area contributed by atoms with Crippen molar-refractivity contribution in [2.75, 3.05) is 32.8 Å². The highest BCUT2D eigenvalue weighted by Gasteiger charge is 2.34. The van der Waals surface area contributed by atoms with Gasteiger partial charge in [0.05, 0.1) is 6.61 Å². The van der Waals surface area contributed by atoms with E-state index in [-0.39, 0.29) is 17.2 Å². The maximum Gasteiger partial charge on any atom is 0.356 e. The molecule has 4 rings (SSSR count). The van der Waals surface area contributed by atoms with E-state index in [9.17, 15) is 13.2 Å². The lowest BCUT2D eigenvalue weighted by atomic mass is 10.2. The number of sulfonamides is 1. The van der Waals surface area contributed by atoms with E-state index in [1.54, 1.807) is 25.1 Å². The number of nitrogens with zero attached hydrogens (tertiary/aromatic N) is 1. The van der Waals surface area contributed by atoms with Crippen LogP contribution in [0.5, 0.6) is 0 Å². The van der Waals surface area contributed by atoms with Crippen LogP contribution in [0.4, 0.5) is 0 Å². The molecule has 2 saturated heterocycles. The lowest BCUT2D eigenvalue weighted by Gasteiger charge is -2.16. The van der Waals surface area contributed by atoms with Crippen LogP contribution in [0.1, 0.15) is 43.1 Å². The molecule has 3 heterocycles. The van der Waals surface area contributed by atoms with Crippen molar-refractivity contribution in [1.29, 1.82) is 0 Å². The number of ether oxygens (including phenoxy) is 1. The topological polar surface area (TPSA) is 91.5 Å². The molecular formula is C19H26BrN3O4S. The Labute approximate surface area is 174 Å². The van der Waals surface area contributed by atoms with E-state index in [1.807, 2.05) is 0 Å². The number of rotatable bonds is 4. The van der Waals surface area contributed by atoms with Crippen LogP contribution in [0.3, 0.4) is 0 Å². The second-order valence-corrected chi connectivity index (χ2v) is 9.60. The van der Waals surface area contributed by atoms with Gasteiger partial charge in [0.15, 0.2) is 0 Å². The van der Waals surface area contributed by atoms with Crippen LogP contribution in [0, 0.1) is 0 Å². The molecule has 0 atom stereocenters. The number of hydrogen-bond acceptors (Lipinski definition) is 5. The maximum absolute atomic E-state index is 13.0. The Morgan fingerprint density at radius 3 is 2.43 bits per heavy atom. The molecule has 0 unspecified atom stereocenters. The van der Waals surface area contributed by atoms with Crippen molar-refractivity contribution in [3.05, 3.63) is 28.4 Å². The van der Waals surface area contributed by atoms with Gasteiger partial charge in [0, 0.05) is 28.5 Å². The van der Waals surface area contributed by atoms with Gasteiger partial charge < -0.3 is 15.0 Å². The Morgan fingerprint density at radius 1 is 1.18 bits per heavy atom. The normalized spacial score (nSPS) is 17.5. The first-order valence-corrected chi connectivity index (χ1v) is 11.9. The molecule has 7 nitrogen and oxygen atoms in total. The Kier molecular flexibility index (Phi) is 7.14. The van der Waals surface area contributed by atoms with Crippen LogP contribution in [0.2, 0.25) is 0 Å². The van der Waals surface area contributed by atoms with Crippen LogP contribution in [0.15, 0.2) is 27.6 Å². The second kappa shape index (κ2) is 9.39. The first kappa shape index (κ1) is 21.3. The molecule has 0 bridgehead atoms. The predicted octanol–water partition coefficient (Wildman–Crippen LogP) is 3.26. The summed E-state index contributed by atoms with van der Waals surface area (Å²) in [5.74, 6) is -0.655. The molecule has 2 fully saturated rings. The van der Waals surface area contributed by atoms with Gasteiger partial charge in [-0.15, -0.1) is 0 Å². The zero-order chi connectivity index (χ0) is 20.1. The molecule has 28 heavy (non-hydrogen) atoms. The third-order valence-electron chi connectivity index (χ3n) is 4.81. The van der Waals surface area contributed by atoms with Crippen molar-refractivity contribution >= 4 is 42.8 Å². The molecule has 2 N–H and O–H groups in total. The van der Waals surface area contributed by atoms with Gasteiger partial charge in [-0.25, -0.2) is 13.2 Å².